The number of pyridine rings is 1. The number of nitrogens with one attached hydrogen (secondary N) is 3. The smallest absolute Gasteiger partial charge is 0.257 e. The lowest BCUT2D eigenvalue weighted by atomic mass is 9.45. The molecule has 4 saturated carbocycles. The zero-order valence-electron chi connectivity index (χ0n) is 19.5. The first-order valence-corrected chi connectivity index (χ1v) is 13.2. The molecule has 0 saturated heterocycles. The predicted molar refractivity (Wildman–Crippen MR) is 141 cm³/mol. The van der Waals surface area contributed by atoms with Crippen molar-refractivity contribution in [3.63, 3.8) is 0 Å². The molecule has 0 bridgehead atoms. The van der Waals surface area contributed by atoms with Crippen LogP contribution in [0.2, 0.25) is 0 Å². The van der Waals surface area contributed by atoms with Gasteiger partial charge in [0.2, 0.25) is 5.91 Å². The summed E-state index contributed by atoms with van der Waals surface area (Å²) in [5, 5.41) is 11.1. The average molecular weight is 506 g/mol. The second-order valence-corrected chi connectivity index (χ2v) is 11.5. The third-order valence-electron chi connectivity index (χ3n) is 8.70. The Morgan fingerprint density at radius 3 is 2.53 bits per heavy atom. The van der Waals surface area contributed by atoms with Gasteiger partial charge in [-0.2, -0.15) is 0 Å². The Bertz CT molecular complexity index is 1410. The standard InChI is InChI=1S/C27H25N5O3S.3H2/c33-21(32-27-10-17-9-26(22(17)27)11-18(26)12-27)13-29-23(34)15-4-6-16(7-5-15)24(35)31-25-30-20(14-36-25)19-3-1-2-8-28-19;;;/h1-8,14,17-18,22H,9-13H2,(H,29,34)(H,32,33)(H,30,31,35);3*1H. The maximum Gasteiger partial charge on any atom is 0.257 e. The van der Waals surface area contributed by atoms with Crippen LogP contribution in [-0.2, 0) is 4.79 Å². The van der Waals surface area contributed by atoms with Gasteiger partial charge in [0.1, 0.15) is 5.69 Å². The molecule has 2 aromatic heterocycles. The van der Waals surface area contributed by atoms with Gasteiger partial charge in [-0.3, -0.25) is 24.7 Å². The van der Waals surface area contributed by atoms with E-state index in [9.17, 15) is 14.4 Å². The summed E-state index contributed by atoms with van der Waals surface area (Å²) in [7, 11) is 0. The van der Waals surface area contributed by atoms with Gasteiger partial charge in [0, 0.05) is 32.5 Å². The van der Waals surface area contributed by atoms with E-state index in [0.717, 1.165) is 30.4 Å². The number of benzene rings is 1. The number of hydrogen-bond donors (Lipinski definition) is 3. The lowest BCUT2D eigenvalue weighted by Crippen LogP contribution is -2.69. The second-order valence-electron chi connectivity index (χ2n) is 10.7. The number of rotatable bonds is 7. The lowest BCUT2D eigenvalue weighted by molar-refractivity contribution is -0.140. The summed E-state index contributed by atoms with van der Waals surface area (Å²) in [6.07, 6.45) is 6.63. The fraction of sp³-hybridized carbons (Fsp3) is 0.370. The zero-order chi connectivity index (χ0) is 24.5. The van der Waals surface area contributed by atoms with Crippen LogP contribution >= 0.6 is 11.3 Å². The Hall–Kier alpha value is -3.59. The molecule has 3 aromatic rings. The van der Waals surface area contributed by atoms with Gasteiger partial charge in [-0.05, 0) is 85.3 Å². The zero-order valence-corrected chi connectivity index (χ0v) is 20.3. The van der Waals surface area contributed by atoms with Crippen molar-refractivity contribution >= 4 is 34.2 Å². The number of amides is 3. The first-order valence-electron chi connectivity index (χ1n) is 12.3. The highest BCUT2D eigenvalue weighted by atomic mass is 32.1. The highest BCUT2D eigenvalue weighted by molar-refractivity contribution is 7.14. The number of aromatic nitrogens is 2. The Morgan fingerprint density at radius 2 is 1.78 bits per heavy atom. The maximum absolute atomic E-state index is 12.6. The van der Waals surface area contributed by atoms with Crippen molar-refractivity contribution in [1.29, 1.82) is 0 Å². The molecule has 36 heavy (non-hydrogen) atoms. The van der Waals surface area contributed by atoms with Gasteiger partial charge in [-0.15, -0.1) is 11.3 Å². The summed E-state index contributed by atoms with van der Waals surface area (Å²) in [4.78, 5) is 46.5. The number of nitrogens with zero attached hydrogens (tertiary/aromatic N) is 2. The molecule has 3 N–H and O–H groups in total. The van der Waals surface area contributed by atoms with Crippen LogP contribution in [0.3, 0.4) is 0 Å². The molecular weight excluding hydrogens is 474 g/mol. The molecule has 7 rings (SSSR count). The van der Waals surface area contributed by atoms with E-state index < -0.39 is 0 Å². The van der Waals surface area contributed by atoms with Crippen LogP contribution in [0.1, 0.15) is 50.7 Å². The maximum atomic E-state index is 12.6. The van der Waals surface area contributed by atoms with Gasteiger partial charge in [-0.1, -0.05) is 6.07 Å². The number of carbonyl (C=O) groups is 3. The van der Waals surface area contributed by atoms with Crippen molar-refractivity contribution in [3.05, 3.63) is 65.2 Å². The van der Waals surface area contributed by atoms with Gasteiger partial charge in [0.05, 0.1) is 12.2 Å². The topological polar surface area (TPSA) is 113 Å². The minimum atomic E-state index is -0.338. The highest BCUT2D eigenvalue weighted by Gasteiger charge is 2.84. The normalized spacial score (nSPS) is 30.2. The van der Waals surface area contributed by atoms with Crippen molar-refractivity contribution in [2.45, 2.75) is 31.2 Å². The molecule has 5 atom stereocenters. The van der Waals surface area contributed by atoms with Crippen LogP contribution < -0.4 is 16.0 Å². The summed E-state index contributed by atoms with van der Waals surface area (Å²) in [6, 6.07) is 11.9. The van der Waals surface area contributed by atoms with E-state index in [1.165, 1.54) is 24.2 Å². The number of thiazole rings is 1. The molecule has 3 amide bonds. The molecule has 4 fully saturated rings. The summed E-state index contributed by atoms with van der Waals surface area (Å²) >= 11 is 1.32. The predicted octanol–water partition coefficient (Wildman–Crippen LogP) is 4.23. The monoisotopic (exact) mass is 505 g/mol. The average Bonchev–Trinajstić information content (AvgIpc) is 3.34. The summed E-state index contributed by atoms with van der Waals surface area (Å²) in [5.41, 5.74) is 2.80. The fourth-order valence-electron chi connectivity index (χ4n) is 7.29. The number of hydrogen-bond acceptors (Lipinski definition) is 6. The lowest BCUT2D eigenvalue weighted by Gasteiger charge is -2.63. The molecule has 9 heteroatoms. The van der Waals surface area contributed by atoms with Crippen molar-refractivity contribution in [1.82, 2.24) is 20.6 Å². The van der Waals surface area contributed by atoms with E-state index in [4.69, 9.17) is 0 Å². The molecule has 1 aromatic carbocycles. The van der Waals surface area contributed by atoms with Crippen LogP contribution in [0.4, 0.5) is 5.13 Å². The summed E-state index contributed by atoms with van der Waals surface area (Å²) in [5.74, 6) is 1.53. The second kappa shape index (κ2) is 7.70. The van der Waals surface area contributed by atoms with Crippen molar-refractivity contribution in [2.75, 3.05) is 11.9 Å². The molecule has 5 unspecified atom stereocenters. The quantitative estimate of drug-likeness (QED) is 0.445. The molecule has 0 radical (unpaired) electrons. The minimum absolute atomic E-state index is 0. The Balaban J connectivity index is 0.00000118. The number of carbonyl (C=O) groups excluding carboxylic acids is 3. The fourth-order valence-corrected chi connectivity index (χ4v) is 7.99. The first kappa shape index (κ1) is 21.7. The van der Waals surface area contributed by atoms with Crippen LogP contribution in [0.15, 0.2) is 54.0 Å². The van der Waals surface area contributed by atoms with Crippen molar-refractivity contribution in [2.24, 2.45) is 23.2 Å². The van der Waals surface area contributed by atoms with Crippen LogP contribution in [0.5, 0.6) is 0 Å². The minimum Gasteiger partial charge on any atom is -0.349 e. The molecule has 1 spiro atoms. The van der Waals surface area contributed by atoms with Crippen LogP contribution in [-0.4, -0.2) is 39.8 Å². The number of anilines is 1. The van der Waals surface area contributed by atoms with E-state index in [-0.39, 0.29) is 34.1 Å². The highest BCUT2D eigenvalue weighted by Crippen LogP contribution is 2.86. The van der Waals surface area contributed by atoms with Gasteiger partial charge >= 0.3 is 0 Å². The molecule has 2 heterocycles. The summed E-state index contributed by atoms with van der Waals surface area (Å²) in [6.45, 7) is -0.0411. The van der Waals surface area contributed by atoms with Crippen molar-refractivity contribution in [3.8, 4) is 11.4 Å². The van der Waals surface area contributed by atoms with Crippen LogP contribution in [0, 0.1) is 23.2 Å². The van der Waals surface area contributed by atoms with E-state index in [1.807, 2.05) is 23.6 Å². The van der Waals surface area contributed by atoms with Gasteiger partial charge in [0.25, 0.3) is 11.8 Å². The molecule has 4 aliphatic rings. The molecule has 188 valence electrons. The van der Waals surface area contributed by atoms with Gasteiger partial charge < -0.3 is 10.6 Å². The van der Waals surface area contributed by atoms with E-state index in [2.05, 4.69) is 25.9 Å². The van der Waals surface area contributed by atoms with Gasteiger partial charge in [0.15, 0.2) is 5.13 Å². The Labute approximate surface area is 216 Å². The third-order valence-corrected chi connectivity index (χ3v) is 9.46. The molecular formula is C27H31N5O3S. The Kier molecular flexibility index (Phi) is 4.64. The van der Waals surface area contributed by atoms with Gasteiger partial charge in [-0.25, -0.2) is 4.98 Å². The van der Waals surface area contributed by atoms with E-state index >= 15 is 0 Å². The molecule has 8 nitrogen and oxygen atoms in total. The largest absolute Gasteiger partial charge is 0.349 e. The van der Waals surface area contributed by atoms with E-state index in [0.29, 0.717) is 33.3 Å². The van der Waals surface area contributed by atoms with Crippen molar-refractivity contribution < 1.29 is 18.7 Å². The first-order chi connectivity index (χ1) is 17.5. The Morgan fingerprint density at radius 1 is 0.972 bits per heavy atom. The SMILES string of the molecule is O=C(CNC(=O)c1ccc(C(=O)Nc2nc(-c3ccccn3)cs2)cc1)NC12CC3CC4(CC4C1)C32.[HH].[HH].[HH]. The third kappa shape index (κ3) is 3.29. The van der Waals surface area contributed by atoms with E-state index in [1.54, 1.807) is 30.5 Å². The van der Waals surface area contributed by atoms with Crippen LogP contribution in [0.25, 0.3) is 11.4 Å². The summed E-state index contributed by atoms with van der Waals surface area (Å²) < 4.78 is 0. The molecule has 4 aliphatic carbocycles. The molecule has 0 aliphatic heterocycles.